The van der Waals surface area contributed by atoms with E-state index < -0.39 is 15.7 Å². The summed E-state index contributed by atoms with van der Waals surface area (Å²) in [6.45, 7) is 3.03. The van der Waals surface area contributed by atoms with E-state index in [1.807, 2.05) is 24.3 Å². The van der Waals surface area contributed by atoms with Crippen LogP contribution in [0.3, 0.4) is 0 Å². The largest absolute Gasteiger partial charge is 0.379 e. The summed E-state index contributed by atoms with van der Waals surface area (Å²) in [5.41, 5.74) is 3.43. The van der Waals surface area contributed by atoms with Crippen molar-refractivity contribution in [2.75, 3.05) is 31.2 Å². The fourth-order valence-corrected chi connectivity index (χ4v) is 6.81. The highest BCUT2D eigenvalue weighted by Gasteiger charge is 2.35. The molecule has 0 unspecified atom stereocenters. The lowest BCUT2D eigenvalue weighted by molar-refractivity contribution is 0.0976. The SMILES string of the molecule is CS(=O)(=O)c1ccc(-c2cc3c(N[C@H]4CN5CCC4CC5)c(-c4nc5ccccc5[nH]4)c(=O)[nH]c3cc2F)cc1. The van der Waals surface area contributed by atoms with Crippen LogP contribution < -0.4 is 10.9 Å². The van der Waals surface area contributed by atoms with E-state index in [0.29, 0.717) is 45.0 Å². The summed E-state index contributed by atoms with van der Waals surface area (Å²) in [6, 6.07) is 17.0. The molecule has 0 amide bonds. The van der Waals surface area contributed by atoms with Gasteiger partial charge in [0.15, 0.2) is 9.84 Å². The molecule has 3 fully saturated rings. The van der Waals surface area contributed by atoms with Gasteiger partial charge in [-0.25, -0.2) is 17.8 Å². The molecule has 5 aromatic rings. The maximum Gasteiger partial charge on any atom is 0.261 e. The van der Waals surface area contributed by atoms with Gasteiger partial charge in [0.05, 0.1) is 27.1 Å². The minimum atomic E-state index is -3.38. The predicted molar refractivity (Wildman–Crippen MR) is 155 cm³/mol. The number of fused-ring (bicyclic) bond motifs is 5. The maximum atomic E-state index is 15.5. The molecule has 2 aromatic heterocycles. The van der Waals surface area contributed by atoms with Gasteiger partial charge in [0.2, 0.25) is 0 Å². The number of para-hydroxylation sites is 2. The van der Waals surface area contributed by atoms with E-state index >= 15 is 4.39 Å². The average molecular weight is 558 g/mol. The molecule has 0 aliphatic carbocycles. The highest BCUT2D eigenvalue weighted by atomic mass is 32.2. The van der Waals surface area contributed by atoms with Gasteiger partial charge in [0.1, 0.15) is 17.2 Å². The lowest BCUT2D eigenvalue weighted by Gasteiger charge is -2.45. The molecule has 3 aliphatic heterocycles. The van der Waals surface area contributed by atoms with Gasteiger partial charge in [-0.05, 0) is 73.8 Å². The number of rotatable bonds is 5. The molecule has 0 spiro atoms. The van der Waals surface area contributed by atoms with Gasteiger partial charge >= 0.3 is 0 Å². The normalized spacial score (nSPS) is 20.8. The Morgan fingerprint density at radius 3 is 2.42 bits per heavy atom. The molecule has 0 radical (unpaired) electrons. The van der Waals surface area contributed by atoms with Crippen LogP contribution >= 0.6 is 0 Å². The molecule has 3 saturated heterocycles. The van der Waals surface area contributed by atoms with Gasteiger partial charge in [-0.2, -0.15) is 0 Å². The second-order valence-electron chi connectivity index (χ2n) is 10.9. The van der Waals surface area contributed by atoms with Crippen LogP contribution in [0.2, 0.25) is 0 Å². The molecular weight excluding hydrogens is 529 g/mol. The number of piperidine rings is 3. The van der Waals surface area contributed by atoms with Crippen molar-refractivity contribution in [2.24, 2.45) is 5.92 Å². The number of hydrogen-bond acceptors (Lipinski definition) is 6. The Balaban J connectivity index is 1.44. The number of halogens is 1. The summed E-state index contributed by atoms with van der Waals surface area (Å²) in [6.07, 6.45) is 3.32. The van der Waals surface area contributed by atoms with Crippen LogP contribution in [0.15, 0.2) is 70.4 Å². The molecule has 10 heteroatoms. The van der Waals surface area contributed by atoms with E-state index in [1.165, 1.54) is 18.2 Å². The number of aromatic amines is 2. The fraction of sp³-hybridized carbons (Fsp3) is 0.267. The van der Waals surface area contributed by atoms with Crippen molar-refractivity contribution in [3.8, 4) is 22.5 Å². The summed E-state index contributed by atoms with van der Waals surface area (Å²) in [7, 11) is -3.38. The van der Waals surface area contributed by atoms with Crippen LogP contribution in [0.25, 0.3) is 44.5 Å². The Morgan fingerprint density at radius 1 is 1.00 bits per heavy atom. The molecule has 3 N–H and O–H groups in total. The third-order valence-electron chi connectivity index (χ3n) is 8.31. The van der Waals surface area contributed by atoms with Crippen LogP contribution in [0, 0.1) is 11.7 Å². The molecule has 8 rings (SSSR count). The zero-order valence-corrected chi connectivity index (χ0v) is 22.7. The minimum absolute atomic E-state index is 0.137. The van der Waals surface area contributed by atoms with E-state index in [1.54, 1.807) is 18.2 Å². The number of nitrogens with zero attached hydrogens (tertiary/aromatic N) is 2. The molecule has 0 saturated carbocycles. The van der Waals surface area contributed by atoms with E-state index in [-0.39, 0.29) is 16.5 Å². The summed E-state index contributed by atoms with van der Waals surface area (Å²) < 4.78 is 39.4. The quantitative estimate of drug-likeness (QED) is 0.287. The number of anilines is 1. The van der Waals surface area contributed by atoms with Gasteiger partial charge in [-0.3, -0.25) is 4.79 Å². The Morgan fingerprint density at radius 2 is 1.75 bits per heavy atom. The first-order valence-electron chi connectivity index (χ1n) is 13.4. The second-order valence-corrected chi connectivity index (χ2v) is 12.9. The van der Waals surface area contributed by atoms with Gasteiger partial charge in [-0.15, -0.1) is 0 Å². The lowest BCUT2D eigenvalue weighted by Crippen LogP contribution is -2.53. The number of aromatic nitrogens is 3. The van der Waals surface area contributed by atoms with Crippen molar-refractivity contribution in [2.45, 2.75) is 23.8 Å². The Bertz CT molecular complexity index is 1910. The fourth-order valence-electron chi connectivity index (χ4n) is 6.18. The molecular formula is C30H28FN5O3S. The van der Waals surface area contributed by atoms with Crippen LogP contribution in [-0.2, 0) is 9.84 Å². The number of sulfone groups is 1. The predicted octanol–water partition coefficient (Wildman–Crippen LogP) is 4.79. The molecule has 3 aromatic carbocycles. The zero-order chi connectivity index (χ0) is 27.6. The van der Waals surface area contributed by atoms with E-state index in [2.05, 4.69) is 20.2 Å². The smallest absolute Gasteiger partial charge is 0.261 e. The number of H-pyrrole nitrogens is 2. The van der Waals surface area contributed by atoms with Crippen LogP contribution in [0.1, 0.15) is 12.8 Å². The third-order valence-corrected chi connectivity index (χ3v) is 9.44. The summed E-state index contributed by atoms with van der Waals surface area (Å²) in [5, 5.41) is 4.37. The number of nitrogens with one attached hydrogen (secondary N) is 3. The Hall–Kier alpha value is -4.02. The second kappa shape index (κ2) is 9.28. The van der Waals surface area contributed by atoms with Crippen molar-refractivity contribution < 1.29 is 12.8 Å². The third kappa shape index (κ3) is 4.28. The highest BCUT2D eigenvalue weighted by molar-refractivity contribution is 7.90. The molecule has 5 heterocycles. The molecule has 40 heavy (non-hydrogen) atoms. The van der Waals surface area contributed by atoms with E-state index in [0.717, 1.165) is 49.8 Å². The number of hydrogen-bond donors (Lipinski definition) is 3. The zero-order valence-electron chi connectivity index (χ0n) is 21.9. The molecule has 204 valence electrons. The van der Waals surface area contributed by atoms with E-state index in [9.17, 15) is 13.2 Å². The first-order valence-corrected chi connectivity index (χ1v) is 15.3. The first-order chi connectivity index (χ1) is 19.2. The minimum Gasteiger partial charge on any atom is -0.379 e. The standard InChI is InChI=1S/C30H28FN5O3S/c1-40(38,39)19-8-6-17(7-9-19)20-14-21-25(15-22(20)31)35-30(37)27(29-33-23-4-2-3-5-24(23)34-29)28(21)32-26-16-36-12-10-18(26)11-13-36/h2-9,14-15,18,26H,10-13,16H2,1H3,(H,33,34)(H2,32,35,37)/t26-/m0/s1. The molecule has 1 atom stereocenters. The van der Waals surface area contributed by atoms with E-state index in [4.69, 9.17) is 4.98 Å². The summed E-state index contributed by atoms with van der Waals surface area (Å²) in [5.74, 6) is 0.406. The maximum absolute atomic E-state index is 15.5. The molecule has 8 nitrogen and oxygen atoms in total. The lowest BCUT2D eigenvalue weighted by atomic mass is 9.83. The van der Waals surface area contributed by atoms with Crippen molar-refractivity contribution in [3.63, 3.8) is 0 Å². The van der Waals surface area contributed by atoms with Crippen molar-refractivity contribution in [1.29, 1.82) is 0 Å². The van der Waals surface area contributed by atoms with Crippen molar-refractivity contribution in [1.82, 2.24) is 19.9 Å². The van der Waals surface area contributed by atoms with Gasteiger partial charge in [0.25, 0.3) is 5.56 Å². The number of imidazole rings is 1. The van der Waals surface area contributed by atoms with Gasteiger partial charge < -0.3 is 20.2 Å². The summed E-state index contributed by atoms with van der Waals surface area (Å²) in [4.78, 5) is 27.1. The average Bonchev–Trinajstić information content (AvgIpc) is 3.37. The number of pyridine rings is 1. The summed E-state index contributed by atoms with van der Waals surface area (Å²) >= 11 is 0. The van der Waals surface area contributed by atoms with Crippen LogP contribution in [0.4, 0.5) is 10.1 Å². The van der Waals surface area contributed by atoms with Gasteiger partial charge in [-0.1, -0.05) is 24.3 Å². The first kappa shape index (κ1) is 25.0. The Kier molecular flexibility index (Phi) is 5.79. The van der Waals surface area contributed by atoms with Crippen molar-refractivity contribution in [3.05, 3.63) is 76.8 Å². The van der Waals surface area contributed by atoms with Crippen LogP contribution in [-0.4, -0.2) is 60.2 Å². The molecule has 3 aliphatic rings. The van der Waals surface area contributed by atoms with Crippen LogP contribution in [0.5, 0.6) is 0 Å². The van der Waals surface area contributed by atoms with Gasteiger partial charge in [0, 0.05) is 29.8 Å². The Labute approximate surface area is 230 Å². The highest BCUT2D eigenvalue weighted by Crippen LogP contribution is 2.38. The number of benzene rings is 3. The van der Waals surface area contributed by atoms with Crippen molar-refractivity contribution >= 4 is 37.5 Å². The monoisotopic (exact) mass is 557 g/mol. The molecule has 2 bridgehead atoms. The topological polar surface area (TPSA) is 111 Å².